The van der Waals surface area contributed by atoms with E-state index in [4.69, 9.17) is 0 Å². The fourth-order valence-corrected chi connectivity index (χ4v) is 3.88. The van der Waals surface area contributed by atoms with Gasteiger partial charge in [0.25, 0.3) is 5.91 Å². The molecule has 0 spiro atoms. The molecule has 0 aliphatic heterocycles. The van der Waals surface area contributed by atoms with Crippen molar-refractivity contribution in [3.8, 4) is 0 Å². The molecule has 0 unspecified atom stereocenters. The van der Waals surface area contributed by atoms with Gasteiger partial charge in [0.1, 0.15) is 0 Å². The summed E-state index contributed by atoms with van der Waals surface area (Å²) in [5.41, 5.74) is 2.77. The number of benzene rings is 3. The Labute approximate surface area is 182 Å². The first-order valence-corrected chi connectivity index (χ1v) is 11.0. The maximum absolute atomic E-state index is 13.0. The fraction of sp³-hybridized carbons (Fsp3) is 0.259. The van der Waals surface area contributed by atoms with Crippen molar-refractivity contribution >= 4 is 28.7 Å². The third kappa shape index (κ3) is 4.69. The molecule has 156 valence electrons. The first-order valence-electron chi connectivity index (χ1n) is 11.0. The van der Waals surface area contributed by atoms with Gasteiger partial charge in [-0.3, -0.25) is 9.59 Å². The first kappa shape index (κ1) is 19.6. The van der Waals surface area contributed by atoms with Crippen molar-refractivity contribution in [3.05, 3.63) is 89.5 Å². The number of carbonyl (C=O) groups excluding carboxylic acids is 2. The smallest absolute Gasteiger partial charge is 0.251 e. The lowest BCUT2D eigenvalue weighted by Gasteiger charge is -2.21. The van der Waals surface area contributed by atoms with E-state index in [0.29, 0.717) is 24.2 Å². The summed E-state index contributed by atoms with van der Waals surface area (Å²) >= 11 is 0. The van der Waals surface area contributed by atoms with Crippen LogP contribution in [0.15, 0.2) is 72.8 Å². The Morgan fingerprint density at radius 2 is 1.65 bits per heavy atom. The third-order valence-electron chi connectivity index (χ3n) is 5.98. The van der Waals surface area contributed by atoms with Gasteiger partial charge < -0.3 is 10.2 Å². The van der Waals surface area contributed by atoms with E-state index in [1.165, 1.54) is 5.39 Å². The van der Waals surface area contributed by atoms with E-state index < -0.39 is 0 Å². The van der Waals surface area contributed by atoms with Crippen molar-refractivity contribution in [2.75, 3.05) is 0 Å². The largest absolute Gasteiger partial charge is 0.349 e. The van der Waals surface area contributed by atoms with Gasteiger partial charge >= 0.3 is 0 Å². The predicted molar refractivity (Wildman–Crippen MR) is 123 cm³/mol. The highest BCUT2D eigenvalue weighted by Crippen LogP contribution is 2.29. The third-order valence-corrected chi connectivity index (χ3v) is 5.98. The molecule has 31 heavy (non-hydrogen) atoms. The van der Waals surface area contributed by atoms with Crippen LogP contribution in [0.5, 0.6) is 0 Å². The minimum absolute atomic E-state index is 0.0119. The second kappa shape index (κ2) is 8.38. The maximum Gasteiger partial charge on any atom is 0.251 e. The maximum atomic E-state index is 13.0. The van der Waals surface area contributed by atoms with Crippen LogP contribution in [0.4, 0.5) is 0 Å². The van der Waals surface area contributed by atoms with Crippen LogP contribution in [0.2, 0.25) is 0 Å². The molecule has 3 aromatic rings. The molecule has 0 saturated heterocycles. The van der Waals surface area contributed by atoms with Crippen LogP contribution < -0.4 is 5.32 Å². The summed E-state index contributed by atoms with van der Waals surface area (Å²) in [6.07, 6.45) is 7.87. The highest BCUT2D eigenvalue weighted by Gasteiger charge is 2.31. The lowest BCUT2D eigenvalue weighted by atomic mass is 10.0. The molecule has 0 heterocycles. The zero-order chi connectivity index (χ0) is 21.2. The topological polar surface area (TPSA) is 49.4 Å². The molecule has 2 aliphatic carbocycles. The summed E-state index contributed by atoms with van der Waals surface area (Å²) in [4.78, 5) is 27.1. The van der Waals surface area contributed by atoms with Crippen molar-refractivity contribution in [2.24, 2.45) is 0 Å². The van der Waals surface area contributed by atoms with Crippen LogP contribution in [0.1, 0.15) is 47.2 Å². The molecule has 2 amide bonds. The van der Waals surface area contributed by atoms with Gasteiger partial charge in [-0.25, -0.2) is 0 Å². The average Bonchev–Trinajstić information content (AvgIpc) is 3.71. The second-order valence-electron chi connectivity index (χ2n) is 8.54. The van der Waals surface area contributed by atoms with Gasteiger partial charge in [-0.2, -0.15) is 0 Å². The van der Waals surface area contributed by atoms with Crippen molar-refractivity contribution in [1.29, 1.82) is 0 Å². The van der Waals surface area contributed by atoms with Crippen molar-refractivity contribution in [2.45, 2.75) is 44.3 Å². The van der Waals surface area contributed by atoms with Gasteiger partial charge in [-0.05, 0) is 65.8 Å². The summed E-state index contributed by atoms with van der Waals surface area (Å²) < 4.78 is 0. The van der Waals surface area contributed by atoms with Gasteiger partial charge in [0.15, 0.2) is 0 Å². The van der Waals surface area contributed by atoms with Gasteiger partial charge in [-0.15, -0.1) is 0 Å². The molecular formula is C27H26N2O2. The van der Waals surface area contributed by atoms with E-state index in [1.807, 2.05) is 59.5 Å². The molecule has 2 aliphatic rings. The average molecular weight is 411 g/mol. The summed E-state index contributed by atoms with van der Waals surface area (Å²) in [6, 6.07) is 22.6. The minimum atomic E-state index is -0.0119. The lowest BCUT2D eigenvalue weighted by molar-refractivity contribution is -0.127. The van der Waals surface area contributed by atoms with Crippen molar-refractivity contribution in [3.63, 3.8) is 0 Å². The highest BCUT2D eigenvalue weighted by molar-refractivity contribution is 5.97. The zero-order valence-electron chi connectivity index (χ0n) is 17.5. The quantitative estimate of drug-likeness (QED) is 0.561. The van der Waals surface area contributed by atoms with Crippen LogP contribution in [0.3, 0.4) is 0 Å². The van der Waals surface area contributed by atoms with E-state index in [1.54, 1.807) is 6.08 Å². The number of amides is 2. The Morgan fingerprint density at radius 1 is 0.903 bits per heavy atom. The zero-order valence-corrected chi connectivity index (χ0v) is 17.5. The number of nitrogens with one attached hydrogen (secondary N) is 1. The summed E-state index contributed by atoms with van der Waals surface area (Å²) in [7, 11) is 0. The molecule has 0 atom stereocenters. The predicted octanol–water partition coefficient (Wildman–Crippen LogP) is 4.94. The Kier molecular flexibility index (Phi) is 5.29. The van der Waals surface area contributed by atoms with Crippen LogP contribution in [0.25, 0.3) is 16.8 Å². The number of nitrogens with zero attached hydrogens (tertiary/aromatic N) is 1. The standard InChI is InChI=1S/C27H26N2O2/c30-26(17-12-21-6-3-5-20-4-1-2-7-25(20)21)29(24-15-16-24)18-19-8-10-22(11-9-19)27(31)28-23-13-14-23/h1-12,17,23-24H,13-16,18H2,(H,28,31)/b17-12+. The van der Waals surface area contributed by atoms with Crippen molar-refractivity contribution in [1.82, 2.24) is 10.2 Å². The van der Waals surface area contributed by atoms with Gasteiger partial charge in [0, 0.05) is 30.3 Å². The molecule has 2 saturated carbocycles. The van der Waals surface area contributed by atoms with E-state index in [0.717, 1.165) is 42.2 Å². The van der Waals surface area contributed by atoms with E-state index in [2.05, 4.69) is 23.5 Å². The molecular weight excluding hydrogens is 384 g/mol. The summed E-state index contributed by atoms with van der Waals surface area (Å²) in [6.45, 7) is 0.563. The number of hydrogen-bond donors (Lipinski definition) is 1. The van der Waals surface area contributed by atoms with Crippen LogP contribution in [-0.2, 0) is 11.3 Å². The number of fused-ring (bicyclic) bond motifs is 1. The molecule has 4 nitrogen and oxygen atoms in total. The number of carbonyl (C=O) groups is 2. The second-order valence-corrected chi connectivity index (χ2v) is 8.54. The summed E-state index contributed by atoms with van der Waals surface area (Å²) in [5.74, 6) is 0.0215. The van der Waals surface area contributed by atoms with E-state index in [9.17, 15) is 9.59 Å². The summed E-state index contributed by atoms with van der Waals surface area (Å²) in [5, 5.41) is 5.32. The van der Waals surface area contributed by atoms with E-state index >= 15 is 0 Å². The van der Waals surface area contributed by atoms with Crippen LogP contribution in [-0.4, -0.2) is 28.8 Å². The SMILES string of the molecule is O=C(NC1CC1)c1ccc(CN(C(=O)/C=C/c2cccc3ccccc23)C2CC2)cc1. The van der Waals surface area contributed by atoms with Gasteiger partial charge in [-0.1, -0.05) is 54.6 Å². The van der Waals surface area contributed by atoms with Crippen molar-refractivity contribution < 1.29 is 9.59 Å². The molecule has 4 heteroatoms. The lowest BCUT2D eigenvalue weighted by Crippen LogP contribution is -2.31. The monoisotopic (exact) mass is 410 g/mol. The molecule has 2 fully saturated rings. The minimum Gasteiger partial charge on any atom is -0.349 e. The van der Waals surface area contributed by atoms with Gasteiger partial charge in [0.2, 0.25) is 5.91 Å². The fourth-order valence-electron chi connectivity index (χ4n) is 3.88. The highest BCUT2D eigenvalue weighted by atomic mass is 16.2. The Morgan fingerprint density at radius 3 is 2.39 bits per heavy atom. The van der Waals surface area contributed by atoms with Crippen LogP contribution >= 0.6 is 0 Å². The Hall–Kier alpha value is -3.40. The molecule has 0 aromatic heterocycles. The Bertz CT molecular complexity index is 1140. The molecule has 5 rings (SSSR count). The molecule has 3 aromatic carbocycles. The first-order chi connectivity index (χ1) is 15.2. The molecule has 1 N–H and O–H groups in total. The number of hydrogen-bond acceptors (Lipinski definition) is 2. The molecule has 0 radical (unpaired) electrons. The van der Waals surface area contributed by atoms with Crippen LogP contribution in [0, 0.1) is 0 Å². The van der Waals surface area contributed by atoms with E-state index in [-0.39, 0.29) is 11.8 Å². The Balaban J connectivity index is 1.28. The number of rotatable bonds is 7. The van der Waals surface area contributed by atoms with Gasteiger partial charge in [0.05, 0.1) is 0 Å². The normalized spacial score (nSPS) is 15.9. The molecule has 0 bridgehead atoms.